The van der Waals surface area contributed by atoms with Crippen LogP contribution >= 0.6 is 0 Å². The lowest BCUT2D eigenvalue weighted by molar-refractivity contribution is 0.525. The van der Waals surface area contributed by atoms with Crippen molar-refractivity contribution >= 4 is 16.7 Å². The van der Waals surface area contributed by atoms with Crippen molar-refractivity contribution in [3.63, 3.8) is 0 Å². The summed E-state index contributed by atoms with van der Waals surface area (Å²) >= 11 is 0. The Morgan fingerprint density at radius 2 is 1.90 bits per heavy atom. The summed E-state index contributed by atoms with van der Waals surface area (Å²) in [7, 11) is 0. The lowest BCUT2D eigenvalue weighted by atomic mass is 10.1. The molecule has 0 atom stereocenters. The monoisotopic (exact) mass is 279 g/mol. The molecule has 1 heterocycles. The van der Waals surface area contributed by atoms with Gasteiger partial charge in [-0.15, -0.1) is 0 Å². The molecule has 0 amide bonds. The summed E-state index contributed by atoms with van der Waals surface area (Å²) in [6.07, 6.45) is 1.13. The number of aromatic nitrogens is 2. The maximum absolute atomic E-state index is 5.93. The van der Waals surface area contributed by atoms with Gasteiger partial charge in [-0.05, 0) is 36.6 Å². The molecule has 0 aliphatic carbocycles. The zero-order chi connectivity index (χ0) is 14.8. The third-order valence-electron chi connectivity index (χ3n) is 3.73. The van der Waals surface area contributed by atoms with Crippen LogP contribution in [-0.4, -0.2) is 9.55 Å². The number of aryl methyl sites for hydroxylation is 1. The van der Waals surface area contributed by atoms with Gasteiger partial charge in [0.25, 0.3) is 0 Å². The van der Waals surface area contributed by atoms with Gasteiger partial charge in [-0.25, -0.2) is 4.98 Å². The minimum atomic E-state index is 0.667. The lowest BCUT2D eigenvalue weighted by Crippen LogP contribution is -2.03. The fraction of sp³-hybridized carbons (Fsp3) is 0.278. The fourth-order valence-corrected chi connectivity index (χ4v) is 2.59. The largest absolute Gasteiger partial charge is 0.399 e. The molecule has 0 aliphatic rings. The van der Waals surface area contributed by atoms with Crippen molar-refractivity contribution in [1.29, 1.82) is 0 Å². The minimum Gasteiger partial charge on any atom is -0.399 e. The first-order chi connectivity index (χ1) is 10.1. The first kappa shape index (κ1) is 13.7. The summed E-state index contributed by atoms with van der Waals surface area (Å²) in [5.74, 6) is 1.67. The molecule has 0 saturated heterocycles. The van der Waals surface area contributed by atoms with Crippen LogP contribution in [0.3, 0.4) is 0 Å². The van der Waals surface area contributed by atoms with Gasteiger partial charge in [0.15, 0.2) is 0 Å². The first-order valence-corrected chi connectivity index (χ1v) is 7.46. The maximum atomic E-state index is 5.93. The highest BCUT2D eigenvalue weighted by Gasteiger charge is 2.12. The molecule has 0 spiro atoms. The molecular weight excluding hydrogens is 258 g/mol. The number of hydrogen-bond acceptors (Lipinski definition) is 2. The van der Waals surface area contributed by atoms with E-state index in [1.165, 1.54) is 5.52 Å². The molecule has 3 rings (SSSR count). The highest BCUT2D eigenvalue weighted by Crippen LogP contribution is 2.26. The molecule has 0 radical (unpaired) electrons. The molecule has 3 heteroatoms. The first-order valence-electron chi connectivity index (χ1n) is 7.46. The third-order valence-corrected chi connectivity index (χ3v) is 3.73. The van der Waals surface area contributed by atoms with Gasteiger partial charge < -0.3 is 10.3 Å². The lowest BCUT2D eigenvalue weighted by Gasteiger charge is -2.11. The number of para-hydroxylation sites is 2. The molecule has 108 valence electrons. The number of fused-ring (bicyclic) bond motifs is 1. The van der Waals surface area contributed by atoms with Gasteiger partial charge in [0, 0.05) is 17.8 Å². The van der Waals surface area contributed by atoms with Crippen molar-refractivity contribution in [3.05, 3.63) is 48.5 Å². The van der Waals surface area contributed by atoms with E-state index in [-0.39, 0.29) is 0 Å². The predicted octanol–water partition coefficient (Wildman–Crippen LogP) is 4.33. The topological polar surface area (TPSA) is 43.8 Å². The summed E-state index contributed by atoms with van der Waals surface area (Å²) in [4.78, 5) is 4.81. The number of benzene rings is 2. The van der Waals surface area contributed by atoms with Crippen LogP contribution in [0.25, 0.3) is 22.4 Å². The van der Waals surface area contributed by atoms with E-state index in [0.29, 0.717) is 5.92 Å². The zero-order valence-electron chi connectivity index (χ0n) is 12.6. The molecule has 21 heavy (non-hydrogen) atoms. The summed E-state index contributed by atoms with van der Waals surface area (Å²) in [6, 6.07) is 16.3. The normalized spacial score (nSPS) is 11.4. The van der Waals surface area contributed by atoms with Crippen molar-refractivity contribution < 1.29 is 0 Å². The Bertz CT molecular complexity index is 756. The Balaban J connectivity index is 2.14. The fourth-order valence-electron chi connectivity index (χ4n) is 2.59. The molecule has 0 saturated carbocycles. The Kier molecular flexibility index (Phi) is 3.65. The van der Waals surface area contributed by atoms with Gasteiger partial charge in [0.2, 0.25) is 0 Å². The Labute approximate surface area is 125 Å². The third kappa shape index (κ3) is 2.77. The summed E-state index contributed by atoms with van der Waals surface area (Å²) < 4.78 is 2.31. The van der Waals surface area contributed by atoms with Gasteiger partial charge >= 0.3 is 0 Å². The van der Waals surface area contributed by atoms with Gasteiger partial charge in [-0.1, -0.05) is 38.1 Å². The summed E-state index contributed by atoms with van der Waals surface area (Å²) in [5, 5.41) is 0. The predicted molar refractivity (Wildman–Crippen MR) is 89.0 cm³/mol. The summed E-state index contributed by atoms with van der Waals surface area (Å²) in [5.41, 5.74) is 10.0. The van der Waals surface area contributed by atoms with E-state index in [9.17, 15) is 0 Å². The van der Waals surface area contributed by atoms with Crippen LogP contribution in [0, 0.1) is 5.92 Å². The van der Waals surface area contributed by atoms with Crippen molar-refractivity contribution in [2.24, 2.45) is 5.92 Å². The Morgan fingerprint density at radius 1 is 1.10 bits per heavy atom. The second-order valence-corrected chi connectivity index (χ2v) is 5.88. The molecule has 3 aromatic rings. The Morgan fingerprint density at radius 3 is 2.67 bits per heavy atom. The second-order valence-electron chi connectivity index (χ2n) is 5.88. The number of nitrogen functional groups attached to an aromatic ring is 1. The number of rotatable bonds is 4. The van der Waals surface area contributed by atoms with E-state index < -0.39 is 0 Å². The van der Waals surface area contributed by atoms with Crippen LogP contribution in [0.5, 0.6) is 0 Å². The quantitative estimate of drug-likeness (QED) is 0.722. The molecule has 3 nitrogen and oxygen atoms in total. The van der Waals surface area contributed by atoms with Crippen molar-refractivity contribution in [1.82, 2.24) is 9.55 Å². The van der Waals surface area contributed by atoms with Crippen LogP contribution in [0.4, 0.5) is 5.69 Å². The zero-order valence-corrected chi connectivity index (χ0v) is 12.6. The molecule has 0 unspecified atom stereocenters. The molecule has 1 aromatic heterocycles. The minimum absolute atomic E-state index is 0.667. The van der Waals surface area contributed by atoms with E-state index in [1.807, 2.05) is 24.3 Å². The summed E-state index contributed by atoms with van der Waals surface area (Å²) in [6.45, 7) is 5.47. The maximum Gasteiger partial charge on any atom is 0.141 e. The number of nitrogens with zero attached hydrogens (tertiary/aromatic N) is 2. The average Bonchev–Trinajstić information content (AvgIpc) is 2.84. The molecular formula is C18H21N3. The number of nitrogens with two attached hydrogens (primary N) is 1. The highest BCUT2D eigenvalue weighted by molar-refractivity contribution is 5.81. The number of hydrogen-bond donors (Lipinski definition) is 1. The van der Waals surface area contributed by atoms with Crippen molar-refractivity contribution in [3.8, 4) is 11.4 Å². The molecule has 0 fully saturated rings. The van der Waals surface area contributed by atoms with Gasteiger partial charge in [-0.2, -0.15) is 0 Å². The van der Waals surface area contributed by atoms with Gasteiger partial charge in [-0.3, -0.25) is 0 Å². The van der Waals surface area contributed by atoms with Crippen LogP contribution in [0.15, 0.2) is 48.5 Å². The highest BCUT2D eigenvalue weighted by atomic mass is 15.1. The van der Waals surface area contributed by atoms with E-state index in [0.717, 1.165) is 35.6 Å². The van der Waals surface area contributed by atoms with Crippen molar-refractivity contribution in [2.75, 3.05) is 5.73 Å². The van der Waals surface area contributed by atoms with Crippen molar-refractivity contribution in [2.45, 2.75) is 26.8 Å². The second kappa shape index (κ2) is 5.60. The number of imidazole rings is 1. The van der Waals surface area contributed by atoms with E-state index in [1.54, 1.807) is 0 Å². The molecule has 0 bridgehead atoms. The molecule has 2 N–H and O–H groups in total. The van der Waals surface area contributed by atoms with Crippen LogP contribution < -0.4 is 5.73 Å². The standard InChI is InChI=1S/C18H21N3/c1-13(2)10-11-21-17-9-4-3-8-16(17)20-18(21)14-6-5-7-15(19)12-14/h3-9,12-13H,10-11,19H2,1-2H3. The number of anilines is 1. The molecule has 2 aromatic carbocycles. The van der Waals surface area contributed by atoms with E-state index in [4.69, 9.17) is 10.7 Å². The van der Waals surface area contributed by atoms with Gasteiger partial charge in [0.1, 0.15) is 5.82 Å². The average molecular weight is 279 g/mol. The van der Waals surface area contributed by atoms with Gasteiger partial charge in [0.05, 0.1) is 11.0 Å². The molecule has 0 aliphatic heterocycles. The SMILES string of the molecule is CC(C)CCn1c(-c2cccc(N)c2)nc2ccccc21. The smallest absolute Gasteiger partial charge is 0.141 e. The van der Waals surface area contributed by atoms with E-state index in [2.05, 4.69) is 42.7 Å². The van der Waals surface area contributed by atoms with Crippen LogP contribution in [-0.2, 0) is 6.54 Å². The van der Waals surface area contributed by atoms with Crippen LogP contribution in [0.1, 0.15) is 20.3 Å². The van der Waals surface area contributed by atoms with E-state index >= 15 is 0 Å². The van der Waals surface area contributed by atoms with Crippen LogP contribution in [0.2, 0.25) is 0 Å². The Hall–Kier alpha value is -2.29.